The molecule has 0 unspecified atom stereocenters. The zero-order valence-electron chi connectivity index (χ0n) is 15.6. The van der Waals surface area contributed by atoms with Gasteiger partial charge in [0, 0.05) is 0 Å². The predicted octanol–water partition coefficient (Wildman–Crippen LogP) is 6.82. The van der Waals surface area contributed by atoms with Crippen molar-refractivity contribution in [3.05, 3.63) is 0 Å². The third-order valence-electron chi connectivity index (χ3n) is 2.16. The fraction of sp³-hybridized carbons (Fsp3) is 1.00. The highest BCUT2D eigenvalue weighted by atomic mass is 14.8. The van der Waals surface area contributed by atoms with Crippen LogP contribution in [0.25, 0.3) is 0 Å². The molecule has 0 radical (unpaired) electrons. The molecule has 0 aromatic carbocycles. The average molecular weight is 276 g/mol. The maximum Gasteiger partial charge on any atom is -0.00489 e. The van der Waals surface area contributed by atoms with E-state index in [1.54, 1.807) is 0 Å². The van der Waals surface area contributed by atoms with Crippen molar-refractivity contribution in [2.24, 2.45) is 0 Å². The van der Waals surface area contributed by atoms with Crippen LogP contribution < -0.4 is 5.32 Å². The maximum atomic E-state index is 3.48. The summed E-state index contributed by atoms with van der Waals surface area (Å²) in [5.74, 6) is 0. The van der Waals surface area contributed by atoms with Crippen LogP contribution in [0.4, 0.5) is 0 Å². The van der Waals surface area contributed by atoms with Crippen LogP contribution in [0.15, 0.2) is 0 Å². The lowest BCUT2D eigenvalue weighted by Crippen LogP contribution is -2.16. The topological polar surface area (TPSA) is 12.0 Å². The van der Waals surface area contributed by atoms with E-state index in [4.69, 9.17) is 0 Å². The Hall–Kier alpha value is -0.0400. The number of unbranched alkanes of at least 4 members (excludes halogenated alkanes) is 5. The number of hydrogen-bond donors (Lipinski definition) is 1. The Morgan fingerprint density at radius 2 is 0.842 bits per heavy atom. The first-order valence-electron chi connectivity index (χ1n) is 9.04. The Balaban J connectivity index is -0.000000136. The summed E-state index contributed by atoms with van der Waals surface area (Å²) in [6, 6.07) is 0. The van der Waals surface area contributed by atoms with Gasteiger partial charge in [0.2, 0.25) is 0 Å². The first-order chi connectivity index (χ1) is 9.33. The van der Waals surface area contributed by atoms with Gasteiger partial charge in [-0.2, -0.15) is 0 Å². The third kappa shape index (κ3) is 57.0. The Labute approximate surface area is 126 Å². The highest BCUT2D eigenvalue weighted by Gasteiger charge is 1.88. The molecule has 0 fully saturated rings. The van der Waals surface area contributed by atoms with Crippen molar-refractivity contribution in [1.29, 1.82) is 0 Å². The van der Waals surface area contributed by atoms with Crippen LogP contribution in [0, 0.1) is 0 Å². The molecule has 0 bridgehead atoms. The summed E-state index contributed by atoms with van der Waals surface area (Å²) in [7, 11) is 0. The molecule has 0 saturated heterocycles. The van der Waals surface area contributed by atoms with Crippen molar-refractivity contribution in [2.45, 2.75) is 107 Å². The lowest BCUT2D eigenvalue weighted by molar-refractivity contribution is 0.572. The van der Waals surface area contributed by atoms with Gasteiger partial charge in [0.15, 0.2) is 0 Å². The van der Waals surface area contributed by atoms with Crippen LogP contribution in [-0.4, -0.2) is 13.1 Å². The summed E-state index contributed by atoms with van der Waals surface area (Å²) >= 11 is 0. The second-order valence-electron chi connectivity index (χ2n) is 4.22. The van der Waals surface area contributed by atoms with Gasteiger partial charge in [-0.25, -0.2) is 0 Å². The van der Waals surface area contributed by atoms with Gasteiger partial charge in [-0.1, -0.05) is 93.9 Å². The smallest absolute Gasteiger partial charge is 0.00489 e. The lowest BCUT2D eigenvalue weighted by atomic mass is 10.2. The standard InChI is InChI=1S/C11H25N.C3H8.2C2H6/c1-3-5-7-9-11-12-10-8-6-4-2;1-3-2;2*1-2/h12H,3-11H2,1-2H3;3H2,1-2H3;2*1-2H3. The SMILES string of the molecule is CC.CC.CCC.CCCCCCNCCCCC. The number of nitrogens with one attached hydrogen (secondary N) is 1. The van der Waals surface area contributed by atoms with E-state index in [1.807, 2.05) is 27.7 Å². The second kappa shape index (κ2) is 43.0. The van der Waals surface area contributed by atoms with Crippen molar-refractivity contribution in [3.63, 3.8) is 0 Å². The van der Waals surface area contributed by atoms with Crippen molar-refractivity contribution in [1.82, 2.24) is 5.32 Å². The molecule has 19 heavy (non-hydrogen) atoms. The molecule has 0 aliphatic rings. The molecule has 0 rings (SSSR count). The fourth-order valence-electron chi connectivity index (χ4n) is 1.30. The molecule has 0 aliphatic heterocycles. The average Bonchev–Trinajstić information content (AvgIpc) is 2.47. The van der Waals surface area contributed by atoms with Crippen molar-refractivity contribution in [3.8, 4) is 0 Å². The van der Waals surface area contributed by atoms with E-state index >= 15 is 0 Å². The monoisotopic (exact) mass is 275 g/mol. The van der Waals surface area contributed by atoms with E-state index in [2.05, 4.69) is 33.0 Å². The van der Waals surface area contributed by atoms with E-state index in [1.165, 1.54) is 64.5 Å². The minimum Gasteiger partial charge on any atom is -0.317 e. The van der Waals surface area contributed by atoms with Crippen molar-refractivity contribution < 1.29 is 0 Å². The van der Waals surface area contributed by atoms with Gasteiger partial charge < -0.3 is 5.32 Å². The number of rotatable bonds is 9. The van der Waals surface area contributed by atoms with Gasteiger partial charge in [-0.15, -0.1) is 0 Å². The number of hydrogen-bond acceptors (Lipinski definition) is 1. The Morgan fingerprint density at radius 1 is 0.526 bits per heavy atom. The van der Waals surface area contributed by atoms with E-state index in [0.717, 1.165) is 0 Å². The van der Waals surface area contributed by atoms with E-state index in [0.29, 0.717) is 0 Å². The van der Waals surface area contributed by atoms with Crippen LogP contribution in [0.5, 0.6) is 0 Å². The third-order valence-corrected chi connectivity index (χ3v) is 2.16. The molecule has 0 aliphatic carbocycles. The highest BCUT2D eigenvalue weighted by Crippen LogP contribution is 1.97. The van der Waals surface area contributed by atoms with Crippen LogP contribution in [0.2, 0.25) is 0 Å². The Bertz CT molecular complexity index is 71.8. The van der Waals surface area contributed by atoms with Gasteiger partial charge in [0.05, 0.1) is 0 Å². The summed E-state index contributed by atoms with van der Waals surface area (Å²) in [5.41, 5.74) is 0. The molecule has 0 saturated carbocycles. The van der Waals surface area contributed by atoms with Crippen molar-refractivity contribution in [2.75, 3.05) is 13.1 Å². The Kier molecular flexibility index (Phi) is 61.9. The molecular formula is C18H45N. The molecule has 1 heteroatoms. The first kappa shape index (κ1) is 27.3. The van der Waals surface area contributed by atoms with Crippen LogP contribution in [0.3, 0.4) is 0 Å². The highest BCUT2D eigenvalue weighted by molar-refractivity contribution is 4.48. The molecule has 0 aromatic heterocycles. The largest absolute Gasteiger partial charge is 0.317 e. The molecule has 122 valence electrons. The van der Waals surface area contributed by atoms with Crippen LogP contribution in [0.1, 0.15) is 107 Å². The van der Waals surface area contributed by atoms with Gasteiger partial charge >= 0.3 is 0 Å². The summed E-state index contributed by atoms with van der Waals surface area (Å²) in [6.45, 7) is 19.2. The van der Waals surface area contributed by atoms with E-state index in [9.17, 15) is 0 Å². The second-order valence-corrected chi connectivity index (χ2v) is 4.22. The normalized spacial score (nSPS) is 8.21. The first-order valence-corrected chi connectivity index (χ1v) is 9.04. The van der Waals surface area contributed by atoms with Gasteiger partial charge in [0.25, 0.3) is 0 Å². The predicted molar refractivity (Wildman–Crippen MR) is 95.2 cm³/mol. The van der Waals surface area contributed by atoms with Crippen LogP contribution in [-0.2, 0) is 0 Å². The molecule has 1 N–H and O–H groups in total. The molecular weight excluding hydrogens is 230 g/mol. The molecule has 0 spiro atoms. The summed E-state index contributed by atoms with van der Waals surface area (Å²) in [4.78, 5) is 0. The molecule has 0 aromatic rings. The summed E-state index contributed by atoms with van der Waals surface area (Å²) in [6.07, 6.45) is 10.8. The minimum absolute atomic E-state index is 1.22. The molecule has 0 amide bonds. The van der Waals surface area contributed by atoms with Crippen LogP contribution >= 0.6 is 0 Å². The minimum atomic E-state index is 1.22. The summed E-state index contributed by atoms with van der Waals surface area (Å²) in [5, 5.41) is 3.48. The summed E-state index contributed by atoms with van der Waals surface area (Å²) < 4.78 is 0. The molecule has 1 nitrogen and oxygen atoms in total. The van der Waals surface area contributed by atoms with Crippen molar-refractivity contribution >= 4 is 0 Å². The maximum absolute atomic E-state index is 3.48. The fourth-order valence-corrected chi connectivity index (χ4v) is 1.30. The van der Waals surface area contributed by atoms with E-state index < -0.39 is 0 Å². The van der Waals surface area contributed by atoms with Gasteiger partial charge in [0.1, 0.15) is 0 Å². The van der Waals surface area contributed by atoms with Gasteiger partial charge in [-0.3, -0.25) is 0 Å². The van der Waals surface area contributed by atoms with Gasteiger partial charge in [-0.05, 0) is 25.9 Å². The molecule has 0 heterocycles. The van der Waals surface area contributed by atoms with E-state index in [-0.39, 0.29) is 0 Å². The molecule has 0 atom stereocenters. The lowest BCUT2D eigenvalue weighted by Gasteiger charge is -2.02. The zero-order chi connectivity index (χ0) is 15.8. The zero-order valence-corrected chi connectivity index (χ0v) is 15.6. The Morgan fingerprint density at radius 3 is 1.21 bits per heavy atom. The quantitative estimate of drug-likeness (QED) is 0.455.